The van der Waals surface area contributed by atoms with Gasteiger partial charge < -0.3 is 15.1 Å². The first-order valence-electron chi connectivity index (χ1n) is 10.7. The van der Waals surface area contributed by atoms with E-state index in [2.05, 4.69) is 29.1 Å². The Morgan fingerprint density at radius 3 is 2.68 bits per heavy atom. The van der Waals surface area contributed by atoms with Crippen LogP contribution in [0.25, 0.3) is 0 Å². The topological polar surface area (TPSA) is 78.4 Å². The average Bonchev–Trinajstić information content (AvgIpc) is 3.38. The van der Waals surface area contributed by atoms with E-state index in [1.807, 2.05) is 16.0 Å². The molecule has 0 aromatic carbocycles. The van der Waals surface area contributed by atoms with Crippen LogP contribution < -0.4 is 5.32 Å². The SMILES string of the molecule is CC(C)c1ncc2c(n1)CN(C(=O)NC1CCN(C(=O)C3CCCC3)C1)CC2. The summed E-state index contributed by atoms with van der Waals surface area (Å²) in [6.07, 6.45) is 7.94. The van der Waals surface area contributed by atoms with E-state index in [1.165, 1.54) is 12.8 Å². The van der Waals surface area contributed by atoms with Gasteiger partial charge in [-0.3, -0.25) is 4.79 Å². The van der Waals surface area contributed by atoms with Crippen molar-refractivity contribution < 1.29 is 9.59 Å². The zero-order chi connectivity index (χ0) is 19.7. The molecule has 1 unspecified atom stereocenters. The van der Waals surface area contributed by atoms with Crippen molar-refractivity contribution >= 4 is 11.9 Å². The van der Waals surface area contributed by atoms with Gasteiger partial charge >= 0.3 is 6.03 Å². The molecule has 7 heteroatoms. The van der Waals surface area contributed by atoms with E-state index >= 15 is 0 Å². The maximum atomic E-state index is 12.8. The summed E-state index contributed by atoms with van der Waals surface area (Å²) in [6.45, 7) is 6.77. The van der Waals surface area contributed by atoms with Crippen molar-refractivity contribution in [3.05, 3.63) is 23.3 Å². The van der Waals surface area contributed by atoms with E-state index in [-0.39, 0.29) is 23.9 Å². The van der Waals surface area contributed by atoms with Gasteiger partial charge in [0.15, 0.2) is 0 Å². The minimum atomic E-state index is -0.0458. The molecule has 0 bridgehead atoms. The second-order valence-electron chi connectivity index (χ2n) is 8.73. The monoisotopic (exact) mass is 385 g/mol. The minimum Gasteiger partial charge on any atom is -0.340 e. The van der Waals surface area contributed by atoms with E-state index in [4.69, 9.17) is 0 Å². The van der Waals surface area contributed by atoms with Crippen LogP contribution in [-0.4, -0.2) is 57.4 Å². The lowest BCUT2D eigenvalue weighted by Gasteiger charge is -2.29. The number of likely N-dealkylation sites (tertiary alicyclic amines) is 1. The first-order chi connectivity index (χ1) is 13.5. The lowest BCUT2D eigenvalue weighted by Crippen LogP contribution is -2.48. The number of nitrogens with one attached hydrogen (secondary N) is 1. The third-order valence-electron chi connectivity index (χ3n) is 6.30. The maximum absolute atomic E-state index is 12.8. The first-order valence-corrected chi connectivity index (χ1v) is 10.7. The van der Waals surface area contributed by atoms with Gasteiger partial charge in [-0.25, -0.2) is 14.8 Å². The number of hydrogen-bond donors (Lipinski definition) is 1. The summed E-state index contributed by atoms with van der Waals surface area (Å²) < 4.78 is 0. The quantitative estimate of drug-likeness (QED) is 0.867. The van der Waals surface area contributed by atoms with Crippen molar-refractivity contribution in [1.29, 1.82) is 0 Å². The molecule has 28 heavy (non-hydrogen) atoms. The normalized spacial score (nSPS) is 22.6. The van der Waals surface area contributed by atoms with Crippen LogP contribution in [0.15, 0.2) is 6.20 Å². The predicted molar refractivity (Wildman–Crippen MR) is 106 cm³/mol. The van der Waals surface area contributed by atoms with Crippen LogP contribution in [0.2, 0.25) is 0 Å². The van der Waals surface area contributed by atoms with Crippen LogP contribution >= 0.6 is 0 Å². The Hall–Kier alpha value is -2.18. The number of nitrogens with zero attached hydrogens (tertiary/aromatic N) is 4. The molecule has 3 amide bonds. The molecule has 7 nitrogen and oxygen atoms in total. The molecular formula is C21H31N5O2. The van der Waals surface area contributed by atoms with Gasteiger partial charge in [0.05, 0.1) is 12.2 Å². The van der Waals surface area contributed by atoms with Crippen LogP contribution in [0.4, 0.5) is 4.79 Å². The fourth-order valence-electron chi connectivity index (χ4n) is 4.55. The zero-order valence-corrected chi connectivity index (χ0v) is 17.0. The molecular weight excluding hydrogens is 354 g/mol. The van der Waals surface area contributed by atoms with Crippen LogP contribution in [0, 0.1) is 5.92 Å². The highest BCUT2D eigenvalue weighted by Gasteiger charge is 2.33. The Bertz CT molecular complexity index is 744. The van der Waals surface area contributed by atoms with Crippen molar-refractivity contribution in [3.8, 4) is 0 Å². The van der Waals surface area contributed by atoms with Crippen LogP contribution in [-0.2, 0) is 17.8 Å². The van der Waals surface area contributed by atoms with Gasteiger partial charge in [0.2, 0.25) is 5.91 Å². The molecule has 4 rings (SSSR count). The molecule has 2 aliphatic heterocycles. The van der Waals surface area contributed by atoms with E-state index in [1.54, 1.807) is 0 Å². The third kappa shape index (κ3) is 3.98. The lowest BCUT2D eigenvalue weighted by atomic mass is 10.1. The van der Waals surface area contributed by atoms with E-state index in [0.29, 0.717) is 25.5 Å². The number of carbonyl (C=O) groups is 2. The maximum Gasteiger partial charge on any atom is 0.318 e. The summed E-state index contributed by atoms with van der Waals surface area (Å²) >= 11 is 0. The molecule has 1 aliphatic carbocycles. The van der Waals surface area contributed by atoms with Crippen LogP contribution in [0.3, 0.4) is 0 Å². The van der Waals surface area contributed by atoms with Gasteiger partial charge in [-0.05, 0) is 31.2 Å². The summed E-state index contributed by atoms with van der Waals surface area (Å²) in [7, 11) is 0. The van der Waals surface area contributed by atoms with Gasteiger partial charge in [0, 0.05) is 43.7 Å². The molecule has 2 fully saturated rings. The van der Waals surface area contributed by atoms with Crippen LogP contribution in [0.5, 0.6) is 0 Å². The summed E-state index contributed by atoms with van der Waals surface area (Å²) in [5, 5.41) is 3.14. The summed E-state index contributed by atoms with van der Waals surface area (Å²) in [6, 6.07) is 0.00592. The largest absolute Gasteiger partial charge is 0.340 e. The number of urea groups is 1. The Kier molecular flexibility index (Phi) is 5.51. The summed E-state index contributed by atoms with van der Waals surface area (Å²) in [5.74, 6) is 1.61. The Balaban J connectivity index is 1.32. The second-order valence-corrected chi connectivity index (χ2v) is 8.73. The number of carbonyl (C=O) groups excluding carboxylic acids is 2. The van der Waals surface area contributed by atoms with Gasteiger partial charge in [0.1, 0.15) is 5.82 Å². The molecule has 0 radical (unpaired) electrons. The average molecular weight is 386 g/mol. The highest BCUT2D eigenvalue weighted by molar-refractivity contribution is 5.80. The molecule has 0 spiro atoms. The number of rotatable bonds is 3. The molecule has 1 N–H and O–H groups in total. The molecule has 152 valence electrons. The summed E-state index contributed by atoms with van der Waals surface area (Å²) in [5.41, 5.74) is 2.10. The van der Waals surface area contributed by atoms with Gasteiger partial charge in [0.25, 0.3) is 0 Å². The number of amides is 3. The Morgan fingerprint density at radius 1 is 1.14 bits per heavy atom. The lowest BCUT2D eigenvalue weighted by molar-refractivity contribution is -0.134. The zero-order valence-electron chi connectivity index (χ0n) is 17.0. The first kappa shape index (κ1) is 19.2. The molecule has 1 aromatic rings. The second kappa shape index (κ2) is 8.05. The summed E-state index contributed by atoms with van der Waals surface area (Å²) in [4.78, 5) is 38.3. The minimum absolute atomic E-state index is 0.0458. The van der Waals surface area contributed by atoms with Crippen LogP contribution in [0.1, 0.15) is 69.0 Å². The van der Waals surface area contributed by atoms with Crippen molar-refractivity contribution in [1.82, 2.24) is 25.1 Å². The van der Waals surface area contributed by atoms with Crippen molar-refractivity contribution in [3.63, 3.8) is 0 Å². The van der Waals surface area contributed by atoms with Gasteiger partial charge in [-0.15, -0.1) is 0 Å². The van der Waals surface area contributed by atoms with E-state index in [0.717, 1.165) is 49.3 Å². The van der Waals surface area contributed by atoms with Gasteiger partial charge in [-0.2, -0.15) is 0 Å². The standard InChI is InChI=1S/C21H31N5O2/c1-14(2)19-22-11-16-7-9-26(13-18(16)24-19)21(28)23-17-8-10-25(12-17)20(27)15-5-3-4-6-15/h11,14-15,17H,3-10,12-13H2,1-2H3,(H,23,28). The van der Waals surface area contributed by atoms with Crippen molar-refractivity contribution in [2.45, 2.75) is 70.9 Å². The molecule has 1 atom stereocenters. The predicted octanol–water partition coefficient (Wildman–Crippen LogP) is 2.46. The van der Waals surface area contributed by atoms with Gasteiger partial charge in [-0.1, -0.05) is 26.7 Å². The fraction of sp³-hybridized carbons (Fsp3) is 0.714. The molecule has 1 aromatic heterocycles. The van der Waals surface area contributed by atoms with Crippen molar-refractivity contribution in [2.75, 3.05) is 19.6 Å². The number of aromatic nitrogens is 2. The number of fused-ring (bicyclic) bond motifs is 1. The molecule has 1 saturated heterocycles. The Labute approximate surface area is 166 Å². The molecule has 3 aliphatic rings. The molecule has 3 heterocycles. The fourth-order valence-corrected chi connectivity index (χ4v) is 4.55. The van der Waals surface area contributed by atoms with E-state index in [9.17, 15) is 9.59 Å². The van der Waals surface area contributed by atoms with Crippen molar-refractivity contribution in [2.24, 2.45) is 5.92 Å². The smallest absolute Gasteiger partial charge is 0.318 e. The third-order valence-corrected chi connectivity index (χ3v) is 6.30. The number of hydrogen-bond acceptors (Lipinski definition) is 4. The molecule has 1 saturated carbocycles. The van der Waals surface area contributed by atoms with E-state index < -0.39 is 0 Å². The highest BCUT2D eigenvalue weighted by Crippen LogP contribution is 2.28. The Morgan fingerprint density at radius 2 is 1.93 bits per heavy atom. The highest BCUT2D eigenvalue weighted by atomic mass is 16.2.